The summed E-state index contributed by atoms with van der Waals surface area (Å²) in [4.78, 5) is 6.34. The molecule has 1 atom stereocenters. The second-order valence-electron chi connectivity index (χ2n) is 6.43. The van der Waals surface area contributed by atoms with E-state index in [1.165, 1.54) is 0 Å². The van der Waals surface area contributed by atoms with Gasteiger partial charge >= 0.3 is 5.95 Å². The molecule has 2 heterocycles. The minimum Gasteiger partial charge on any atom is -1.00 e. The zero-order valence-corrected chi connectivity index (χ0v) is 18.1. The van der Waals surface area contributed by atoms with Gasteiger partial charge in [0.1, 0.15) is 18.5 Å². The molecule has 0 radical (unpaired) electrons. The third-order valence-corrected chi connectivity index (χ3v) is 5.47. The van der Waals surface area contributed by atoms with Crippen molar-refractivity contribution in [2.45, 2.75) is 18.8 Å². The fourth-order valence-corrected chi connectivity index (χ4v) is 3.67. The van der Waals surface area contributed by atoms with Crippen LogP contribution in [0.1, 0.15) is 11.1 Å². The zero-order chi connectivity index (χ0) is 19.0. The van der Waals surface area contributed by atoms with E-state index in [4.69, 9.17) is 27.9 Å². The van der Waals surface area contributed by atoms with Gasteiger partial charge in [0, 0.05) is 11.6 Å². The number of anilines is 1. The number of aromatic nitrogens is 2. The van der Waals surface area contributed by atoms with Crippen molar-refractivity contribution >= 4 is 29.2 Å². The second-order valence-corrected chi connectivity index (χ2v) is 7.25. The Morgan fingerprint density at radius 3 is 2.75 bits per heavy atom. The van der Waals surface area contributed by atoms with Crippen LogP contribution in [0, 0.1) is 0 Å². The van der Waals surface area contributed by atoms with E-state index < -0.39 is 5.72 Å². The first kappa shape index (κ1) is 20.9. The predicted molar refractivity (Wildman–Crippen MR) is 104 cm³/mol. The van der Waals surface area contributed by atoms with Gasteiger partial charge < -0.3 is 26.8 Å². The highest BCUT2D eigenvalue weighted by Gasteiger charge is 2.51. The van der Waals surface area contributed by atoms with Crippen molar-refractivity contribution in [2.75, 3.05) is 12.0 Å². The summed E-state index contributed by atoms with van der Waals surface area (Å²) in [5.74, 6) is 1.44. The second kappa shape index (κ2) is 8.25. The van der Waals surface area contributed by atoms with Crippen molar-refractivity contribution in [3.8, 4) is 5.75 Å². The molecule has 146 valence electrons. The number of benzene rings is 2. The van der Waals surface area contributed by atoms with Gasteiger partial charge in [-0.25, -0.2) is 9.47 Å². The van der Waals surface area contributed by atoms with Gasteiger partial charge in [-0.1, -0.05) is 46.4 Å². The highest BCUT2D eigenvalue weighted by Crippen LogP contribution is 2.37. The number of fused-ring (bicyclic) bond motifs is 1. The fourth-order valence-electron chi connectivity index (χ4n) is 3.38. The van der Waals surface area contributed by atoms with E-state index in [2.05, 4.69) is 4.98 Å². The number of rotatable bonds is 4. The minimum absolute atomic E-state index is 0. The van der Waals surface area contributed by atoms with Crippen LogP contribution in [-0.4, -0.2) is 17.2 Å². The molecule has 0 aliphatic carbocycles. The number of halogens is 3. The van der Waals surface area contributed by atoms with E-state index in [9.17, 15) is 5.11 Å². The summed E-state index contributed by atoms with van der Waals surface area (Å²) in [6.07, 6.45) is 3.61. The van der Waals surface area contributed by atoms with Crippen LogP contribution >= 0.6 is 23.2 Å². The number of hydrogen-bond acceptors (Lipinski definition) is 4. The standard InChI is InChI=1S/C20H18Cl2N3O2.BrH/c1-27-16-5-2-4-14(10-16)12-25-19-23-8-3-9-24(19)13-20(25,26)15-6-7-17(21)18(22)11-15;/h2-11,26H,12-13H2,1H3;1H/q+1;/p-1/t20-;/m1./s1. The molecule has 1 aromatic heterocycles. The average molecular weight is 483 g/mol. The molecule has 1 aliphatic rings. The quantitative estimate of drug-likeness (QED) is 0.552. The molecule has 0 amide bonds. The van der Waals surface area contributed by atoms with Gasteiger partial charge in [-0.3, -0.25) is 0 Å². The zero-order valence-electron chi connectivity index (χ0n) is 15.0. The van der Waals surface area contributed by atoms with Gasteiger partial charge in [-0.05, 0) is 29.8 Å². The van der Waals surface area contributed by atoms with Gasteiger partial charge in [0.05, 0.1) is 29.9 Å². The monoisotopic (exact) mass is 481 g/mol. The highest BCUT2D eigenvalue weighted by atomic mass is 79.9. The van der Waals surface area contributed by atoms with Crippen molar-refractivity contribution in [1.29, 1.82) is 0 Å². The molecule has 3 aromatic rings. The van der Waals surface area contributed by atoms with Crippen LogP contribution in [0.5, 0.6) is 5.75 Å². The molecule has 28 heavy (non-hydrogen) atoms. The molecule has 0 unspecified atom stereocenters. The third-order valence-electron chi connectivity index (χ3n) is 4.73. The Hall–Kier alpha value is -1.86. The molecule has 1 N–H and O–H groups in total. The van der Waals surface area contributed by atoms with E-state index >= 15 is 0 Å². The number of nitrogens with zero attached hydrogens (tertiary/aromatic N) is 3. The Morgan fingerprint density at radius 1 is 1.18 bits per heavy atom. The summed E-state index contributed by atoms with van der Waals surface area (Å²) in [6, 6.07) is 14.8. The summed E-state index contributed by atoms with van der Waals surface area (Å²) in [5, 5.41) is 12.5. The Labute approximate surface area is 183 Å². The van der Waals surface area contributed by atoms with Crippen LogP contribution in [0.4, 0.5) is 5.95 Å². The number of aliphatic hydroxyl groups is 1. The van der Waals surface area contributed by atoms with Crippen LogP contribution in [0.15, 0.2) is 60.9 Å². The number of methoxy groups -OCH3 is 1. The molecule has 4 rings (SSSR count). The number of hydrogen-bond donors (Lipinski definition) is 1. The third kappa shape index (κ3) is 3.70. The van der Waals surface area contributed by atoms with Gasteiger partial charge in [-0.2, -0.15) is 0 Å². The van der Waals surface area contributed by atoms with E-state index in [1.54, 1.807) is 31.5 Å². The molecule has 0 saturated heterocycles. The van der Waals surface area contributed by atoms with Crippen molar-refractivity contribution in [2.24, 2.45) is 0 Å². The highest BCUT2D eigenvalue weighted by molar-refractivity contribution is 6.42. The number of ether oxygens (including phenoxy) is 1. The van der Waals surface area contributed by atoms with E-state index in [0.29, 0.717) is 34.6 Å². The Morgan fingerprint density at radius 2 is 2.00 bits per heavy atom. The van der Waals surface area contributed by atoms with Crippen molar-refractivity contribution < 1.29 is 31.4 Å². The van der Waals surface area contributed by atoms with Crippen LogP contribution < -0.4 is 31.2 Å². The first-order valence-corrected chi connectivity index (χ1v) is 9.20. The predicted octanol–water partition coefficient (Wildman–Crippen LogP) is 0.554. The largest absolute Gasteiger partial charge is 1.00 e. The molecule has 0 bridgehead atoms. The van der Waals surface area contributed by atoms with Crippen LogP contribution in [0.2, 0.25) is 10.0 Å². The molecule has 2 aromatic carbocycles. The molecule has 5 nitrogen and oxygen atoms in total. The van der Waals surface area contributed by atoms with Gasteiger partial charge in [0.2, 0.25) is 5.72 Å². The molecule has 0 spiro atoms. The first-order valence-electron chi connectivity index (χ1n) is 8.44. The van der Waals surface area contributed by atoms with Crippen molar-refractivity contribution in [3.05, 3.63) is 82.1 Å². The van der Waals surface area contributed by atoms with Crippen molar-refractivity contribution in [1.82, 2.24) is 4.98 Å². The summed E-state index contributed by atoms with van der Waals surface area (Å²) < 4.78 is 7.24. The van der Waals surface area contributed by atoms with Gasteiger partial charge in [-0.15, -0.1) is 0 Å². The summed E-state index contributed by atoms with van der Waals surface area (Å²) in [7, 11) is 1.63. The Bertz CT molecular complexity index is 1000. The first-order chi connectivity index (χ1) is 13.0. The maximum absolute atomic E-state index is 11.7. The topological polar surface area (TPSA) is 49.5 Å². The van der Waals surface area contributed by atoms with Crippen molar-refractivity contribution in [3.63, 3.8) is 0 Å². The molecule has 1 aliphatic heterocycles. The molecule has 0 fully saturated rings. The molecule has 8 heteroatoms. The summed E-state index contributed by atoms with van der Waals surface area (Å²) >= 11 is 12.3. The summed E-state index contributed by atoms with van der Waals surface area (Å²) in [6.45, 7) is 0.781. The van der Waals surface area contributed by atoms with Gasteiger partial charge in [0.15, 0.2) is 0 Å². The van der Waals surface area contributed by atoms with E-state index in [-0.39, 0.29) is 17.0 Å². The lowest BCUT2D eigenvalue weighted by atomic mass is 10.0. The lowest BCUT2D eigenvalue weighted by Gasteiger charge is -2.28. The van der Waals surface area contributed by atoms with Crippen LogP contribution in [-0.2, 0) is 18.8 Å². The summed E-state index contributed by atoms with van der Waals surface area (Å²) in [5.41, 5.74) is 0.343. The van der Waals surface area contributed by atoms with Crippen LogP contribution in [0.25, 0.3) is 0 Å². The molecular weight excluding hydrogens is 465 g/mol. The smallest absolute Gasteiger partial charge is 0.397 e. The van der Waals surface area contributed by atoms with E-state index in [1.807, 2.05) is 46.0 Å². The maximum atomic E-state index is 11.7. The SMILES string of the molecule is COc1cccc(CN2c3nccc[n+]3C[C@@]2(O)c2ccc(Cl)c(Cl)c2)c1.[Br-]. The Kier molecular flexibility index (Phi) is 6.15. The maximum Gasteiger partial charge on any atom is 0.397 e. The van der Waals surface area contributed by atoms with Crippen LogP contribution in [0.3, 0.4) is 0 Å². The lowest BCUT2D eigenvalue weighted by molar-refractivity contribution is -0.685. The molecule has 0 saturated carbocycles. The van der Waals surface area contributed by atoms with E-state index in [0.717, 1.165) is 11.3 Å². The minimum atomic E-state index is -1.31. The fraction of sp³-hybridized carbons (Fsp3) is 0.200. The average Bonchev–Trinajstić information content (AvgIpc) is 2.97. The van der Waals surface area contributed by atoms with Gasteiger partial charge in [0.25, 0.3) is 0 Å². The Balaban J connectivity index is 0.00000225. The lowest BCUT2D eigenvalue weighted by Crippen LogP contribution is -3.00. The molecular formula is C20H18BrCl2N3O2. The normalized spacial score (nSPS) is 17.8.